The fourth-order valence-electron chi connectivity index (χ4n) is 2.37. The molecule has 0 saturated carbocycles. The molecule has 3 aromatic rings. The average Bonchev–Trinajstić information content (AvgIpc) is 2.94. The number of aryl methyl sites for hydroxylation is 1. The van der Waals surface area contributed by atoms with Gasteiger partial charge >= 0.3 is 6.36 Å². The van der Waals surface area contributed by atoms with Crippen LogP contribution in [0.5, 0.6) is 5.75 Å². The Hall–Kier alpha value is -3.17. The van der Waals surface area contributed by atoms with Gasteiger partial charge in [0.15, 0.2) is 5.65 Å². The molecule has 0 bridgehead atoms. The number of rotatable bonds is 4. The van der Waals surface area contributed by atoms with Crippen molar-refractivity contribution in [1.82, 2.24) is 25.3 Å². The summed E-state index contributed by atoms with van der Waals surface area (Å²) in [5, 5.41) is 10.5. The summed E-state index contributed by atoms with van der Waals surface area (Å²) in [5.41, 5.74) is 1.97. The molecule has 0 unspecified atom stereocenters. The highest BCUT2D eigenvalue weighted by atomic mass is 19.4. The lowest BCUT2D eigenvalue weighted by Crippen LogP contribution is -2.26. The van der Waals surface area contributed by atoms with E-state index < -0.39 is 12.4 Å². The van der Waals surface area contributed by atoms with Crippen LogP contribution in [0.1, 0.15) is 28.9 Å². The van der Waals surface area contributed by atoms with Crippen molar-refractivity contribution in [2.45, 2.75) is 19.3 Å². The molecule has 1 amide bonds. The third-order valence-electron chi connectivity index (χ3n) is 3.66. The second-order valence-electron chi connectivity index (χ2n) is 5.59. The molecule has 0 aliphatic carbocycles. The van der Waals surface area contributed by atoms with Gasteiger partial charge in [0.05, 0.1) is 11.6 Å². The van der Waals surface area contributed by atoms with E-state index in [4.69, 9.17) is 0 Å². The lowest BCUT2D eigenvalue weighted by molar-refractivity contribution is -0.274. The zero-order chi connectivity index (χ0) is 18.9. The monoisotopic (exact) mass is 365 g/mol. The van der Waals surface area contributed by atoms with Crippen molar-refractivity contribution in [2.75, 3.05) is 0 Å². The van der Waals surface area contributed by atoms with Crippen LogP contribution in [0.4, 0.5) is 13.2 Å². The van der Waals surface area contributed by atoms with Crippen molar-refractivity contribution < 1.29 is 22.7 Å². The van der Waals surface area contributed by atoms with Crippen molar-refractivity contribution in [1.29, 1.82) is 0 Å². The van der Waals surface area contributed by atoms with Gasteiger partial charge in [-0.2, -0.15) is 0 Å². The van der Waals surface area contributed by atoms with Gasteiger partial charge in [-0.3, -0.25) is 4.79 Å². The van der Waals surface area contributed by atoms with Crippen LogP contribution < -0.4 is 10.1 Å². The molecule has 10 heteroatoms. The zero-order valence-electron chi connectivity index (χ0n) is 13.8. The molecule has 0 aliphatic rings. The minimum absolute atomic E-state index is 0.307. The van der Waals surface area contributed by atoms with Crippen LogP contribution >= 0.6 is 0 Å². The van der Waals surface area contributed by atoms with Gasteiger partial charge in [-0.15, -0.1) is 18.3 Å². The van der Waals surface area contributed by atoms with Gasteiger partial charge in [0.1, 0.15) is 11.3 Å². The van der Waals surface area contributed by atoms with E-state index in [1.54, 1.807) is 20.0 Å². The number of carbonyl (C=O) groups excluding carboxylic acids is 1. The van der Waals surface area contributed by atoms with Gasteiger partial charge in [0, 0.05) is 13.2 Å². The van der Waals surface area contributed by atoms with Crippen molar-refractivity contribution in [3.8, 4) is 5.75 Å². The summed E-state index contributed by atoms with van der Waals surface area (Å²) in [4.78, 5) is 16.5. The number of ether oxygens (including phenoxy) is 1. The van der Waals surface area contributed by atoms with E-state index >= 15 is 0 Å². The number of pyridine rings is 1. The number of aromatic nitrogens is 4. The number of benzene rings is 1. The average molecular weight is 365 g/mol. The van der Waals surface area contributed by atoms with E-state index in [-0.39, 0.29) is 11.7 Å². The van der Waals surface area contributed by atoms with Gasteiger partial charge < -0.3 is 10.1 Å². The standard InChI is InChI=1S/C16H14F3N5O2/c1-9(10-3-5-12(6-4-10)26-16(17,18)19)21-15(25)11-7-13-14(20-8-11)24(2)23-22-13/h3-9H,1-2H3,(H,21,25)/t9-/m1/s1. The molecular weight excluding hydrogens is 351 g/mol. The van der Waals surface area contributed by atoms with E-state index in [9.17, 15) is 18.0 Å². The predicted molar refractivity (Wildman–Crippen MR) is 85.3 cm³/mol. The van der Waals surface area contributed by atoms with E-state index in [0.29, 0.717) is 22.3 Å². The summed E-state index contributed by atoms with van der Waals surface area (Å²) < 4.78 is 41.8. The Labute approximate surface area is 145 Å². The Kier molecular flexibility index (Phi) is 4.49. The molecule has 0 aliphatic heterocycles. The van der Waals surface area contributed by atoms with Crippen LogP contribution in [-0.4, -0.2) is 32.2 Å². The van der Waals surface area contributed by atoms with Crippen LogP contribution in [0.15, 0.2) is 36.5 Å². The van der Waals surface area contributed by atoms with Gasteiger partial charge in [0.2, 0.25) is 0 Å². The SMILES string of the molecule is C[C@@H](NC(=O)c1cnc2c(c1)nnn2C)c1ccc(OC(F)(F)F)cc1. The number of hydrogen-bond acceptors (Lipinski definition) is 5. The Morgan fingerprint density at radius 1 is 1.27 bits per heavy atom. The highest BCUT2D eigenvalue weighted by Gasteiger charge is 2.31. The third-order valence-corrected chi connectivity index (χ3v) is 3.66. The molecule has 0 saturated heterocycles. The maximum atomic E-state index is 12.4. The number of halogens is 3. The summed E-state index contributed by atoms with van der Waals surface area (Å²) in [7, 11) is 1.69. The molecule has 1 N–H and O–H groups in total. The smallest absolute Gasteiger partial charge is 0.406 e. The van der Waals surface area contributed by atoms with Crippen molar-refractivity contribution in [3.63, 3.8) is 0 Å². The Morgan fingerprint density at radius 2 is 1.96 bits per heavy atom. The molecule has 0 radical (unpaired) electrons. The molecule has 7 nitrogen and oxygen atoms in total. The first-order valence-corrected chi connectivity index (χ1v) is 7.55. The third kappa shape index (κ3) is 3.90. The molecule has 0 spiro atoms. The minimum Gasteiger partial charge on any atom is -0.406 e. The van der Waals surface area contributed by atoms with Crippen LogP contribution in [-0.2, 0) is 7.05 Å². The van der Waals surface area contributed by atoms with E-state index in [1.807, 2.05) is 0 Å². The highest BCUT2D eigenvalue weighted by Crippen LogP contribution is 2.24. The van der Waals surface area contributed by atoms with Crippen LogP contribution in [0.2, 0.25) is 0 Å². The van der Waals surface area contributed by atoms with Gasteiger partial charge in [-0.05, 0) is 30.7 Å². The Balaban J connectivity index is 1.69. The topological polar surface area (TPSA) is 81.9 Å². The fraction of sp³-hybridized carbons (Fsp3) is 0.250. The molecular formula is C16H14F3N5O2. The molecule has 2 aromatic heterocycles. The van der Waals surface area contributed by atoms with Gasteiger partial charge in [-0.1, -0.05) is 17.3 Å². The molecule has 2 heterocycles. The lowest BCUT2D eigenvalue weighted by atomic mass is 10.1. The van der Waals surface area contributed by atoms with E-state index in [2.05, 4.69) is 25.3 Å². The van der Waals surface area contributed by atoms with Gasteiger partial charge in [0.25, 0.3) is 5.91 Å². The van der Waals surface area contributed by atoms with Crippen LogP contribution in [0, 0.1) is 0 Å². The molecule has 26 heavy (non-hydrogen) atoms. The number of nitrogens with one attached hydrogen (secondary N) is 1. The maximum absolute atomic E-state index is 12.4. The number of hydrogen-bond donors (Lipinski definition) is 1. The quantitative estimate of drug-likeness (QED) is 0.769. The molecule has 0 fully saturated rings. The first-order chi connectivity index (χ1) is 12.2. The van der Waals surface area contributed by atoms with Crippen molar-refractivity contribution >= 4 is 17.1 Å². The number of alkyl halides is 3. The first kappa shape index (κ1) is 17.6. The van der Waals surface area contributed by atoms with Crippen LogP contribution in [0.25, 0.3) is 11.2 Å². The molecule has 3 rings (SSSR count). The molecule has 1 aromatic carbocycles. The lowest BCUT2D eigenvalue weighted by Gasteiger charge is -2.15. The van der Waals surface area contributed by atoms with Crippen LogP contribution in [0.3, 0.4) is 0 Å². The summed E-state index contributed by atoms with van der Waals surface area (Å²) in [6.45, 7) is 1.71. The second kappa shape index (κ2) is 6.62. The summed E-state index contributed by atoms with van der Waals surface area (Å²) in [6.07, 6.45) is -3.33. The largest absolute Gasteiger partial charge is 0.573 e. The first-order valence-electron chi connectivity index (χ1n) is 7.55. The Morgan fingerprint density at radius 3 is 2.62 bits per heavy atom. The fourth-order valence-corrected chi connectivity index (χ4v) is 2.37. The Bertz CT molecular complexity index is 937. The van der Waals surface area contributed by atoms with E-state index in [1.165, 1.54) is 35.1 Å². The van der Waals surface area contributed by atoms with Gasteiger partial charge in [-0.25, -0.2) is 9.67 Å². The summed E-state index contributed by atoms with van der Waals surface area (Å²) in [6, 6.07) is 6.43. The number of nitrogens with zero attached hydrogens (tertiary/aromatic N) is 4. The normalized spacial score (nSPS) is 12.8. The molecule has 1 atom stereocenters. The number of amides is 1. The highest BCUT2D eigenvalue weighted by molar-refractivity contribution is 5.96. The van der Waals surface area contributed by atoms with E-state index in [0.717, 1.165) is 0 Å². The predicted octanol–water partition coefficient (Wildman–Crippen LogP) is 2.75. The summed E-state index contributed by atoms with van der Waals surface area (Å²) in [5.74, 6) is -0.703. The minimum atomic E-state index is -4.74. The molecule has 136 valence electrons. The number of fused-ring (bicyclic) bond motifs is 1. The zero-order valence-corrected chi connectivity index (χ0v) is 13.8. The van der Waals surface area contributed by atoms with Crippen molar-refractivity contribution in [2.24, 2.45) is 7.05 Å². The second-order valence-corrected chi connectivity index (χ2v) is 5.59. The maximum Gasteiger partial charge on any atom is 0.573 e. The number of carbonyl (C=O) groups is 1. The van der Waals surface area contributed by atoms with Crippen molar-refractivity contribution in [3.05, 3.63) is 47.7 Å². The summed E-state index contributed by atoms with van der Waals surface area (Å²) >= 11 is 0.